The van der Waals surface area contributed by atoms with E-state index in [1.54, 1.807) is 6.07 Å². The number of hydrogen-bond donors (Lipinski definition) is 1. The average molecular weight is 279 g/mol. The molecule has 0 radical (unpaired) electrons. The number of hydrogen-bond acceptors (Lipinski definition) is 2. The number of carboxylic acids is 1. The largest absolute Gasteiger partial charge is 0.478 e. The molecule has 0 aromatic heterocycles. The maximum absolute atomic E-state index is 13.2. The molecule has 1 aliphatic heterocycles. The van der Waals surface area contributed by atoms with Gasteiger partial charge in [-0.15, -0.1) is 0 Å². The summed E-state index contributed by atoms with van der Waals surface area (Å²) in [7, 11) is 0. The summed E-state index contributed by atoms with van der Waals surface area (Å²) in [6.07, 6.45) is 5.86. The lowest BCUT2D eigenvalue weighted by atomic mass is 9.96. The first kappa shape index (κ1) is 15.0. The number of aromatic carboxylic acids is 1. The molecule has 1 aliphatic rings. The van der Waals surface area contributed by atoms with E-state index < -0.39 is 11.8 Å². The Hall–Kier alpha value is -1.42. The number of piperidine rings is 1. The number of halogens is 1. The average Bonchev–Trinajstić information content (AvgIpc) is 2.43. The molecule has 4 heteroatoms. The van der Waals surface area contributed by atoms with Crippen molar-refractivity contribution in [2.45, 2.75) is 51.6 Å². The fourth-order valence-corrected chi connectivity index (χ4v) is 3.03. The van der Waals surface area contributed by atoms with Crippen LogP contribution in [0, 0.1) is 5.82 Å². The van der Waals surface area contributed by atoms with Crippen molar-refractivity contribution in [1.82, 2.24) is 4.90 Å². The molecule has 1 atom stereocenters. The molecule has 20 heavy (non-hydrogen) atoms. The normalized spacial score (nSPS) is 20.0. The van der Waals surface area contributed by atoms with E-state index in [2.05, 4.69) is 11.8 Å². The Morgan fingerprint density at radius 3 is 2.95 bits per heavy atom. The quantitative estimate of drug-likeness (QED) is 0.894. The van der Waals surface area contributed by atoms with Gasteiger partial charge in [-0.05, 0) is 43.5 Å². The van der Waals surface area contributed by atoms with Gasteiger partial charge in [0.2, 0.25) is 0 Å². The predicted molar refractivity (Wildman–Crippen MR) is 76.3 cm³/mol. The van der Waals surface area contributed by atoms with Crippen LogP contribution < -0.4 is 0 Å². The molecule has 1 heterocycles. The lowest BCUT2D eigenvalue weighted by Gasteiger charge is -2.36. The van der Waals surface area contributed by atoms with Crippen LogP contribution in [0.1, 0.15) is 54.9 Å². The van der Waals surface area contributed by atoms with E-state index in [0.29, 0.717) is 18.2 Å². The first-order chi connectivity index (χ1) is 9.61. The van der Waals surface area contributed by atoms with E-state index in [1.165, 1.54) is 18.9 Å². The van der Waals surface area contributed by atoms with Crippen LogP contribution in [-0.4, -0.2) is 28.6 Å². The van der Waals surface area contributed by atoms with Gasteiger partial charge in [-0.25, -0.2) is 9.18 Å². The van der Waals surface area contributed by atoms with E-state index in [9.17, 15) is 14.3 Å². The Morgan fingerprint density at radius 1 is 1.45 bits per heavy atom. The monoisotopic (exact) mass is 279 g/mol. The Kier molecular flexibility index (Phi) is 5.12. The first-order valence-electron chi connectivity index (χ1n) is 7.37. The summed E-state index contributed by atoms with van der Waals surface area (Å²) < 4.78 is 13.2. The van der Waals surface area contributed by atoms with Gasteiger partial charge in [0.05, 0.1) is 5.56 Å². The van der Waals surface area contributed by atoms with Gasteiger partial charge < -0.3 is 5.11 Å². The van der Waals surface area contributed by atoms with Crippen LogP contribution in [0.3, 0.4) is 0 Å². The number of benzene rings is 1. The van der Waals surface area contributed by atoms with Crippen LogP contribution in [0.25, 0.3) is 0 Å². The molecule has 1 fully saturated rings. The lowest BCUT2D eigenvalue weighted by Crippen LogP contribution is -2.39. The minimum absolute atomic E-state index is 0.0887. The van der Waals surface area contributed by atoms with Crippen LogP contribution >= 0.6 is 0 Å². The molecule has 3 nitrogen and oxygen atoms in total. The van der Waals surface area contributed by atoms with Crippen molar-refractivity contribution in [3.63, 3.8) is 0 Å². The third-order valence-electron chi connectivity index (χ3n) is 4.05. The molecule has 2 rings (SSSR count). The van der Waals surface area contributed by atoms with Crippen LogP contribution in [0.4, 0.5) is 4.39 Å². The summed E-state index contributed by atoms with van der Waals surface area (Å²) in [4.78, 5) is 13.6. The number of carboxylic acid groups (broad SMARTS) is 1. The van der Waals surface area contributed by atoms with Crippen LogP contribution in [0.5, 0.6) is 0 Å². The zero-order valence-electron chi connectivity index (χ0n) is 11.9. The van der Waals surface area contributed by atoms with Gasteiger partial charge in [0.1, 0.15) is 5.82 Å². The van der Waals surface area contributed by atoms with Gasteiger partial charge in [0, 0.05) is 12.6 Å². The molecular formula is C16H22FNO2. The molecule has 1 saturated heterocycles. The van der Waals surface area contributed by atoms with E-state index in [4.69, 9.17) is 0 Å². The maximum Gasteiger partial charge on any atom is 0.336 e. The van der Waals surface area contributed by atoms with Crippen molar-refractivity contribution in [2.24, 2.45) is 0 Å². The second-order valence-corrected chi connectivity index (χ2v) is 5.52. The highest BCUT2D eigenvalue weighted by Crippen LogP contribution is 2.24. The molecule has 0 amide bonds. The third-order valence-corrected chi connectivity index (χ3v) is 4.05. The molecule has 0 bridgehead atoms. The number of likely N-dealkylation sites (tertiary alicyclic amines) is 1. The Morgan fingerprint density at radius 2 is 2.25 bits per heavy atom. The van der Waals surface area contributed by atoms with Crippen molar-refractivity contribution >= 4 is 5.97 Å². The highest BCUT2D eigenvalue weighted by Gasteiger charge is 2.23. The standard InChI is InChI=1S/C16H22FNO2/c1-2-5-14-6-3-4-9-18(14)11-12-7-8-13(17)10-15(12)16(19)20/h7-8,10,14H,2-6,9,11H2,1H3,(H,19,20). The van der Waals surface area contributed by atoms with E-state index in [-0.39, 0.29) is 5.56 Å². The highest BCUT2D eigenvalue weighted by molar-refractivity contribution is 5.89. The predicted octanol–water partition coefficient (Wildman–Crippen LogP) is 3.68. The molecule has 1 aromatic rings. The molecule has 0 aliphatic carbocycles. The second-order valence-electron chi connectivity index (χ2n) is 5.52. The van der Waals surface area contributed by atoms with Gasteiger partial charge in [0.15, 0.2) is 0 Å². The van der Waals surface area contributed by atoms with Crippen LogP contribution in [0.15, 0.2) is 18.2 Å². The molecule has 110 valence electrons. The fraction of sp³-hybridized carbons (Fsp3) is 0.562. The third kappa shape index (κ3) is 3.57. The molecule has 1 N–H and O–H groups in total. The summed E-state index contributed by atoms with van der Waals surface area (Å²) in [5, 5.41) is 9.20. The van der Waals surface area contributed by atoms with Crippen LogP contribution in [-0.2, 0) is 6.54 Å². The first-order valence-corrected chi connectivity index (χ1v) is 7.37. The molecule has 1 unspecified atom stereocenters. The number of carbonyl (C=O) groups is 1. The molecular weight excluding hydrogens is 257 g/mol. The second kappa shape index (κ2) is 6.84. The van der Waals surface area contributed by atoms with Gasteiger partial charge >= 0.3 is 5.97 Å². The zero-order chi connectivity index (χ0) is 14.5. The topological polar surface area (TPSA) is 40.5 Å². The van der Waals surface area contributed by atoms with Gasteiger partial charge in [-0.2, -0.15) is 0 Å². The summed E-state index contributed by atoms with van der Waals surface area (Å²) in [6.45, 7) is 3.78. The molecule has 0 saturated carbocycles. The minimum Gasteiger partial charge on any atom is -0.478 e. The van der Waals surface area contributed by atoms with Crippen molar-refractivity contribution < 1.29 is 14.3 Å². The summed E-state index contributed by atoms with van der Waals surface area (Å²) in [5.74, 6) is -1.54. The molecule has 0 spiro atoms. The summed E-state index contributed by atoms with van der Waals surface area (Å²) in [6, 6.07) is 4.60. The van der Waals surface area contributed by atoms with Crippen molar-refractivity contribution in [3.05, 3.63) is 35.1 Å². The van der Waals surface area contributed by atoms with E-state index >= 15 is 0 Å². The van der Waals surface area contributed by atoms with Crippen molar-refractivity contribution in [1.29, 1.82) is 0 Å². The van der Waals surface area contributed by atoms with Gasteiger partial charge in [0.25, 0.3) is 0 Å². The minimum atomic E-state index is -1.05. The molecule has 1 aromatic carbocycles. The smallest absolute Gasteiger partial charge is 0.336 e. The van der Waals surface area contributed by atoms with E-state index in [1.807, 2.05) is 0 Å². The van der Waals surface area contributed by atoms with Crippen molar-refractivity contribution in [3.8, 4) is 0 Å². The fourth-order valence-electron chi connectivity index (χ4n) is 3.03. The Labute approximate surface area is 119 Å². The number of nitrogens with zero attached hydrogens (tertiary/aromatic N) is 1. The number of rotatable bonds is 5. The summed E-state index contributed by atoms with van der Waals surface area (Å²) in [5.41, 5.74) is 0.799. The Bertz CT molecular complexity index is 474. The van der Waals surface area contributed by atoms with Crippen molar-refractivity contribution in [2.75, 3.05) is 6.54 Å². The van der Waals surface area contributed by atoms with Gasteiger partial charge in [-0.1, -0.05) is 25.8 Å². The Balaban J connectivity index is 2.17. The zero-order valence-corrected chi connectivity index (χ0v) is 11.9. The lowest BCUT2D eigenvalue weighted by molar-refractivity contribution is 0.0691. The van der Waals surface area contributed by atoms with Crippen LogP contribution in [0.2, 0.25) is 0 Å². The summed E-state index contributed by atoms with van der Waals surface area (Å²) >= 11 is 0. The van der Waals surface area contributed by atoms with Gasteiger partial charge in [-0.3, -0.25) is 4.90 Å². The SMILES string of the molecule is CCCC1CCCCN1Cc1ccc(F)cc1C(=O)O. The highest BCUT2D eigenvalue weighted by atomic mass is 19.1. The maximum atomic E-state index is 13.2. The van der Waals surface area contributed by atoms with E-state index in [0.717, 1.165) is 31.9 Å².